The monoisotopic (exact) mass is 436 g/mol. The van der Waals surface area contributed by atoms with Crippen LogP contribution in [-0.2, 0) is 11.3 Å². The van der Waals surface area contributed by atoms with E-state index in [1.165, 1.54) is 22.9 Å². The Morgan fingerprint density at radius 2 is 1.88 bits per heavy atom. The molecular weight excluding hydrogens is 411 g/mol. The minimum Gasteiger partial charge on any atom is -0.497 e. The zero-order valence-corrected chi connectivity index (χ0v) is 17.8. The number of amides is 1. The minimum atomic E-state index is -0.300. The number of hydrogen-bond donors (Lipinski definition) is 1. The summed E-state index contributed by atoms with van der Waals surface area (Å²) >= 11 is 0. The normalized spacial score (nSPS) is 15.9. The number of methoxy groups -OCH3 is 1. The highest BCUT2D eigenvalue weighted by Gasteiger charge is 2.26. The Labute approximate surface area is 185 Å². The van der Waals surface area contributed by atoms with Crippen molar-refractivity contribution in [3.8, 4) is 11.4 Å². The summed E-state index contributed by atoms with van der Waals surface area (Å²) in [4.78, 5) is 27.1. The molecule has 2 aromatic carbocycles. The van der Waals surface area contributed by atoms with Crippen LogP contribution in [0.5, 0.6) is 5.75 Å². The molecule has 1 N–H and O–H groups in total. The summed E-state index contributed by atoms with van der Waals surface area (Å²) in [5.41, 5.74) is 1.26. The molecule has 1 aliphatic heterocycles. The second kappa shape index (κ2) is 9.64. The fourth-order valence-electron chi connectivity index (χ4n) is 3.81. The molecular formula is C24H25FN4O3. The van der Waals surface area contributed by atoms with Gasteiger partial charge in [0.1, 0.15) is 17.4 Å². The van der Waals surface area contributed by atoms with Gasteiger partial charge in [0.2, 0.25) is 5.91 Å². The van der Waals surface area contributed by atoms with Crippen molar-refractivity contribution >= 4 is 11.7 Å². The van der Waals surface area contributed by atoms with Crippen LogP contribution in [0.2, 0.25) is 0 Å². The summed E-state index contributed by atoms with van der Waals surface area (Å²) < 4.78 is 19.6. The average Bonchev–Trinajstić information content (AvgIpc) is 2.84. The van der Waals surface area contributed by atoms with Crippen LogP contribution in [0.15, 0.2) is 65.5 Å². The number of ether oxygens (including phenoxy) is 1. The highest BCUT2D eigenvalue weighted by Crippen LogP contribution is 2.22. The number of nitrogens with zero attached hydrogens (tertiary/aromatic N) is 3. The van der Waals surface area contributed by atoms with E-state index in [0.29, 0.717) is 30.3 Å². The Morgan fingerprint density at radius 3 is 2.59 bits per heavy atom. The molecule has 2 heterocycles. The van der Waals surface area contributed by atoms with E-state index in [0.717, 1.165) is 24.9 Å². The Hall–Kier alpha value is -3.68. The fourth-order valence-corrected chi connectivity index (χ4v) is 3.81. The van der Waals surface area contributed by atoms with Gasteiger partial charge in [0.25, 0.3) is 5.56 Å². The van der Waals surface area contributed by atoms with Gasteiger partial charge in [-0.2, -0.15) is 4.68 Å². The molecule has 0 spiro atoms. The predicted molar refractivity (Wildman–Crippen MR) is 120 cm³/mol. The van der Waals surface area contributed by atoms with Crippen LogP contribution in [-0.4, -0.2) is 35.9 Å². The van der Waals surface area contributed by atoms with Gasteiger partial charge in [-0.25, -0.2) is 4.39 Å². The lowest BCUT2D eigenvalue weighted by atomic mass is 9.97. The van der Waals surface area contributed by atoms with Crippen molar-refractivity contribution in [3.05, 3.63) is 82.4 Å². The Balaban J connectivity index is 1.45. The van der Waals surface area contributed by atoms with Crippen molar-refractivity contribution in [2.24, 2.45) is 5.92 Å². The summed E-state index contributed by atoms with van der Waals surface area (Å²) in [7, 11) is 1.59. The van der Waals surface area contributed by atoms with Crippen LogP contribution in [0.4, 0.5) is 10.2 Å². The zero-order chi connectivity index (χ0) is 22.5. The van der Waals surface area contributed by atoms with Gasteiger partial charge in [-0.15, -0.1) is 5.10 Å². The third kappa shape index (κ3) is 4.96. The molecule has 1 aliphatic rings. The van der Waals surface area contributed by atoms with E-state index in [4.69, 9.17) is 4.74 Å². The third-order valence-electron chi connectivity index (χ3n) is 5.60. The summed E-state index contributed by atoms with van der Waals surface area (Å²) in [5, 5.41) is 7.48. The van der Waals surface area contributed by atoms with E-state index >= 15 is 0 Å². The molecule has 0 saturated carbocycles. The lowest BCUT2D eigenvalue weighted by Gasteiger charge is -2.33. The van der Waals surface area contributed by atoms with Crippen molar-refractivity contribution in [2.45, 2.75) is 19.4 Å². The molecule has 0 bridgehead atoms. The second-order valence-electron chi connectivity index (χ2n) is 7.77. The van der Waals surface area contributed by atoms with E-state index in [1.54, 1.807) is 49.6 Å². The van der Waals surface area contributed by atoms with E-state index < -0.39 is 0 Å². The van der Waals surface area contributed by atoms with Crippen LogP contribution >= 0.6 is 0 Å². The lowest BCUT2D eigenvalue weighted by Crippen LogP contribution is -2.43. The first kappa shape index (κ1) is 21.5. The molecule has 7 nitrogen and oxygen atoms in total. The minimum absolute atomic E-state index is 0.0394. The van der Waals surface area contributed by atoms with Crippen molar-refractivity contribution in [3.63, 3.8) is 0 Å². The number of aromatic nitrogens is 2. The number of hydrogen-bond acceptors (Lipinski definition) is 5. The van der Waals surface area contributed by atoms with E-state index in [9.17, 15) is 14.0 Å². The van der Waals surface area contributed by atoms with Gasteiger partial charge in [0.15, 0.2) is 0 Å². The first-order valence-electron chi connectivity index (χ1n) is 10.6. The summed E-state index contributed by atoms with van der Waals surface area (Å²) in [5.74, 6) is 0.821. The number of carbonyl (C=O) groups excluding carboxylic acids is 1. The molecule has 3 aromatic rings. The quantitative estimate of drug-likeness (QED) is 0.643. The Kier molecular flexibility index (Phi) is 6.49. The number of anilines is 1. The van der Waals surface area contributed by atoms with E-state index in [2.05, 4.69) is 10.4 Å². The predicted octanol–water partition coefficient (Wildman–Crippen LogP) is 2.91. The first-order chi connectivity index (χ1) is 15.5. The van der Waals surface area contributed by atoms with Gasteiger partial charge >= 0.3 is 0 Å². The van der Waals surface area contributed by atoms with Crippen LogP contribution < -0.4 is 20.5 Å². The number of carbonyl (C=O) groups is 1. The summed E-state index contributed by atoms with van der Waals surface area (Å²) in [6, 6.07) is 16.4. The smallest absolute Gasteiger partial charge is 0.271 e. The maximum absolute atomic E-state index is 13.1. The molecule has 166 valence electrons. The van der Waals surface area contributed by atoms with Crippen LogP contribution in [0, 0.1) is 11.7 Å². The number of rotatable bonds is 6. The highest BCUT2D eigenvalue weighted by molar-refractivity contribution is 5.79. The van der Waals surface area contributed by atoms with Gasteiger partial charge in [-0.05, 0) is 60.9 Å². The molecule has 0 aliphatic carbocycles. The molecule has 1 aromatic heterocycles. The van der Waals surface area contributed by atoms with Gasteiger partial charge in [0.05, 0.1) is 18.7 Å². The standard InChI is InChI=1S/C24H25FN4O3/c1-32-21-10-8-20(9-11-21)29-23(30)13-12-22(27-29)28-14-2-3-18(16-28)24(31)26-15-17-4-6-19(25)7-5-17/h4-13,18H,2-3,14-16H2,1H3,(H,26,31). The third-order valence-corrected chi connectivity index (χ3v) is 5.60. The number of halogens is 1. The van der Waals surface area contributed by atoms with Gasteiger partial charge < -0.3 is 15.0 Å². The molecule has 32 heavy (non-hydrogen) atoms. The molecule has 1 fully saturated rings. The van der Waals surface area contributed by atoms with Crippen molar-refractivity contribution in [1.82, 2.24) is 15.1 Å². The SMILES string of the molecule is COc1ccc(-n2nc(N3CCCC(C(=O)NCc4ccc(F)cc4)C3)ccc2=O)cc1. The van der Waals surface area contributed by atoms with E-state index in [-0.39, 0.29) is 23.2 Å². The van der Waals surface area contributed by atoms with Gasteiger partial charge in [-0.1, -0.05) is 12.1 Å². The topological polar surface area (TPSA) is 76.5 Å². The molecule has 1 unspecified atom stereocenters. The molecule has 4 rings (SSSR count). The largest absolute Gasteiger partial charge is 0.497 e. The zero-order valence-electron chi connectivity index (χ0n) is 17.8. The van der Waals surface area contributed by atoms with Gasteiger partial charge in [0, 0.05) is 25.7 Å². The maximum Gasteiger partial charge on any atom is 0.271 e. The van der Waals surface area contributed by atoms with Crippen molar-refractivity contribution in [2.75, 3.05) is 25.1 Å². The van der Waals surface area contributed by atoms with Gasteiger partial charge in [-0.3, -0.25) is 9.59 Å². The van der Waals surface area contributed by atoms with Crippen molar-refractivity contribution in [1.29, 1.82) is 0 Å². The Bertz CT molecular complexity index is 1130. The molecule has 1 saturated heterocycles. The summed E-state index contributed by atoms with van der Waals surface area (Å²) in [6.07, 6.45) is 1.63. The first-order valence-corrected chi connectivity index (χ1v) is 10.6. The Morgan fingerprint density at radius 1 is 1.12 bits per heavy atom. The number of benzene rings is 2. The van der Waals surface area contributed by atoms with Crippen molar-refractivity contribution < 1.29 is 13.9 Å². The number of piperidine rings is 1. The molecule has 1 amide bonds. The average molecular weight is 436 g/mol. The highest BCUT2D eigenvalue weighted by atomic mass is 19.1. The molecule has 0 radical (unpaired) electrons. The maximum atomic E-state index is 13.1. The van der Waals surface area contributed by atoms with E-state index in [1.807, 2.05) is 4.90 Å². The lowest BCUT2D eigenvalue weighted by molar-refractivity contribution is -0.125. The summed E-state index contributed by atoms with van der Waals surface area (Å²) in [6.45, 7) is 1.63. The second-order valence-corrected chi connectivity index (χ2v) is 7.77. The van der Waals surface area contributed by atoms with Crippen LogP contribution in [0.1, 0.15) is 18.4 Å². The fraction of sp³-hybridized carbons (Fsp3) is 0.292. The number of nitrogens with one attached hydrogen (secondary N) is 1. The van der Waals surface area contributed by atoms with Crippen LogP contribution in [0.3, 0.4) is 0 Å². The molecule has 8 heteroatoms. The molecule has 1 atom stereocenters. The van der Waals surface area contributed by atoms with Crippen LogP contribution in [0.25, 0.3) is 5.69 Å².